The summed E-state index contributed by atoms with van der Waals surface area (Å²) >= 11 is 0. The second kappa shape index (κ2) is 5.03. The number of furan rings is 1. The van der Waals surface area contributed by atoms with Gasteiger partial charge < -0.3 is 14.7 Å². The molecular formula is C13H11NO3. The van der Waals surface area contributed by atoms with E-state index in [9.17, 15) is 5.11 Å². The van der Waals surface area contributed by atoms with Crippen molar-refractivity contribution in [2.45, 2.75) is 0 Å². The molecule has 0 fully saturated rings. The van der Waals surface area contributed by atoms with Crippen LogP contribution in [-0.4, -0.2) is 16.0 Å². The third-order valence-electron chi connectivity index (χ3n) is 2.24. The van der Waals surface area contributed by atoms with Gasteiger partial charge in [-0.1, -0.05) is 23.4 Å². The van der Waals surface area contributed by atoms with E-state index in [-0.39, 0.29) is 5.75 Å². The van der Waals surface area contributed by atoms with E-state index >= 15 is 0 Å². The fourth-order valence-electron chi connectivity index (χ4n) is 1.39. The van der Waals surface area contributed by atoms with Gasteiger partial charge in [0.1, 0.15) is 11.5 Å². The summed E-state index contributed by atoms with van der Waals surface area (Å²) < 4.78 is 5.10. The average molecular weight is 229 g/mol. The van der Waals surface area contributed by atoms with Crippen LogP contribution in [0.3, 0.4) is 0 Å². The number of benzene rings is 1. The number of hydrogen-bond donors (Lipinski definition) is 2. The summed E-state index contributed by atoms with van der Waals surface area (Å²) in [6.45, 7) is 0. The highest BCUT2D eigenvalue weighted by Gasteiger charge is 2.03. The molecule has 0 saturated carbocycles. The van der Waals surface area contributed by atoms with E-state index in [2.05, 4.69) is 5.16 Å². The van der Waals surface area contributed by atoms with Crippen LogP contribution in [0.2, 0.25) is 0 Å². The first-order valence-corrected chi connectivity index (χ1v) is 5.03. The number of rotatable bonds is 3. The molecular weight excluding hydrogens is 218 g/mol. The smallest absolute Gasteiger partial charge is 0.155 e. The third kappa shape index (κ3) is 2.55. The Balaban J connectivity index is 2.24. The van der Waals surface area contributed by atoms with Crippen LogP contribution in [-0.2, 0) is 0 Å². The number of para-hydroxylation sites is 1. The van der Waals surface area contributed by atoms with Crippen LogP contribution < -0.4 is 0 Å². The number of aromatic hydroxyl groups is 1. The minimum atomic E-state index is 0.167. The fourth-order valence-corrected chi connectivity index (χ4v) is 1.39. The minimum Gasteiger partial charge on any atom is -0.507 e. The summed E-state index contributed by atoms with van der Waals surface area (Å²) in [6.07, 6.45) is 4.70. The first kappa shape index (κ1) is 11.0. The zero-order chi connectivity index (χ0) is 12.1. The van der Waals surface area contributed by atoms with Gasteiger partial charge in [0.15, 0.2) is 5.76 Å². The predicted octanol–water partition coefficient (Wildman–Crippen LogP) is 2.88. The van der Waals surface area contributed by atoms with Gasteiger partial charge in [-0.2, -0.15) is 0 Å². The lowest BCUT2D eigenvalue weighted by Crippen LogP contribution is -1.93. The van der Waals surface area contributed by atoms with Gasteiger partial charge in [0.25, 0.3) is 0 Å². The molecule has 17 heavy (non-hydrogen) atoms. The first-order valence-electron chi connectivity index (χ1n) is 5.03. The molecule has 2 N–H and O–H groups in total. The number of phenols is 1. The van der Waals surface area contributed by atoms with E-state index in [0.717, 1.165) is 0 Å². The standard InChI is InChI=1S/C13H11NO3/c15-12-5-2-1-4-10(12)7-8-11(14-16)13-6-3-9-17-13/h1-9,15-16H/b8-7+,14-11-. The Bertz CT molecular complexity index is 542. The van der Waals surface area contributed by atoms with E-state index in [1.165, 1.54) is 6.26 Å². The van der Waals surface area contributed by atoms with Crippen molar-refractivity contribution in [1.29, 1.82) is 0 Å². The summed E-state index contributed by atoms with van der Waals surface area (Å²) in [5.41, 5.74) is 0.929. The molecule has 86 valence electrons. The number of nitrogens with zero attached hydrogens (tertiary/aromatic N) is 1. The van der Waals surface area contributed by atoms with Crippen molar-refractivity contribution in [1.82, 2.24) is 0 Å². The van der Waals surface area contributed by atoms with Gasteiger partial charge in [0.05, 0.1) is 6.26 Å². The Hall–Kier alpha value is -2.49. The topological polar surface area (TPSA) is 66.0 Å². The normalized spacial score (nSPS) is 12.1. The third-order valence-corrected chi connectivity index (χ3v) is 2.24. The highest BCUT2D eigenvalue weighted by Crippen LogP contribution is 2.17. The van der Waals surface area contributed by atoms with Crippen LogP contribution in [0.4, 0.5) is 0 Å². The molecule has 4 heteroatoms. The van der Waals surface area contributed by atoms with Crippen LogP contribution in [0, 0.1) is 0 Å². The largest absolute Gasteiger partial charge is 0.507 e. The lowest BCUT2D eigenvalue weighted by molar-refractivity contribution is 0.318. The average Bonchev–Trinajstić information content (AvgIpc) is 2.86. The van der Waals surface area contributed by atoms with Crippen molar-refractivity contribution >= 4 is 11.8 Å². The van der Waals surface area contributed by atoms with Gasteiger partial charge in [-0.05, 0) is 30.4 Å². The highest BCUT2D eigenvalue weighted by molar-refractivity contribution is 6.08. The van der Waals surface area contributed by atoms with Crippen molar-refractivity contribution in [3.63, 3.8) is 0 Å². The summed E-state index contributed by atoms with van der Waals surface area (Å²) in [5, 5.41) is 21.5. The number of phenolic OH excluding ortho intramolecular Hbond substituents is 1. The summed E-state index contributed by atoms with van der Waals surface area (Å²) in [4.78, 5) is 0. The molecule has 0 aliphatic heterocycles. The Kier molecular flexibility index (Phi) is 3.25. The first-order chi connectivity index (χ1) is 8.31. The minimum absolute atomic E-state index is 0.167. The van der Waals surface area contributed by atoms with Gasteiger partial charge in [-0.15, -0.1) is 0 Å². The van der Waals surface area contributed by atoms with Crippen molar-refractivity contribution in [2.24, 2.45) is 5.16 Å². The molecule has 0 spiro atoms. The van der Waals surface area contributed by atoms with Crippen molar-refractivity contribution in [3.8, 4) is 5.75 Å². The van der Waals surface area contributed by atoms with Gasteiger partial charge in [-0.3, -0.25) is 0 Å². The molecule has 2 aromatic rings. The van der Waals surface area contributed by atoms with Crippen LogP contribution >= 0.6 is 0 Å². The Morgan fingerprint density at radius 3 is 2.65 bits per heavy atom. The molecule has 0 amide bonds. The Labute approximate surface area is 98.1 Å². The molecule has 2 rings (SSSR count). The van der Waals surface area contributed by atoms with Gasteiger partial charge in [0, 0.05) is 5.56 Å². The number of hydrogen-bond acceptors (Lipinski definition) is 4. The zero-order valence-corrected chi connectivity index (χ0v) is 8.95. The van der Waals surface area contributed by atoms with Crippen molar-refractivity contribution in [2.75, 3.05) is 0 Å². The van der Waals surface area contributed by atoms with E-state index in [0.29, 0.717) is 17.0 Å². The SMILES string of the molecule is O/N=C(/C=C/c1ccccc1O)c1ccco1. The molecule has 0 radical (unpaired) electrons. The van der Waals surface area contributed by atoms with Crippen LogP contribution in [0.15, 0.2) is 58.3 Å². The summed E-state index contributed by atoms with van der Waals surface area (Å²) in [7, 11) is 0. The predicted molar refractivity (Wildman–Crippen MR) is 64.2 cm³/mol. The lowest BCUT2D eigenvalue weighted by atomic mass is 10.1. The molecule has 0 aliphatic rings. The van der Waals surface area contributed by atoms with E-state index in [4.69, 9.17) is 9.62 Å². The van der Waals surface area contributed by atoms with Crippen LogP contribution in [0.5, 0.6) is 5.75 Å². The van der Waals surface area contributed by atoms with E-state index in [1.807, 2.05) is 6.07 Å². The van der Waals surface area contributed by atoms with Crippen molar-refractivity contribution in [3.05, 3.63) is 60.1 Å². The second-order valence-corrected chi connectivity index (χ2v) is 3.35. The molecule has 0 bridgehead atoms. The van der Waals surface area contributed by atoms with Crippen molar-refractivity contribution < 1.29 is 14.7 Å². The monoisotopic (exact) mass is 229 g/mol. The van der Waals surface area contributed by atoms with Gasteiger partial charge in [0.2, 0.25) is 0 Å². The maximum atomic E-state index is 9.55. The second-order valence-electron chi connectivity index (χ2n) is 3.35. The maximum Gasteiger partial charge on any atom is 0.155 e. The van der Waals surface area contributed by atoms with Gasteiger partial charge >= 0.3 is 0 Å². The molecule has 0 aliphatic carbocycles. The molecule has 0 unspecified atom stereocenters. The lowest BCUT2D eigenvalue weighted by Gasteiger charge is -1.97. The molecule has 0 atom stereocenters. The van der Waals surface area contributed by atoms with Crippen LogP contribution in [0.25, 0.3) is 6.08 Å². The molecule has 1 aromatic heterocycles. The van der Waals surface area contributed by atoms with Gasteiger partial charge in [-0.25, -0.2) is 0 Å². The summed E-state index contributed by atoms with van der Waals surface area (Å²) in [5.74, 6) is 0.625. The Morgan fingerprint density at radius 2 is 2.00 bits per heavy atom. The zero-order valence-electron chi connectivity index (χ0n) is 8.95. The summed E-state index contributed by atoms with van der Waals surface area (Å²) in [6, 6.07) is 10.3. The van der Waals surface area contributed by atoms with Crippen LogP contribution in [0.1, 0.15) is 11.3 Å². The highest BCUT2D eigenvalue weighted by atomic mass is 16.4. The Morgan fingerprint density at radius 1 is 1.18 bits per heavy atom. The van der Waals surface area contributed by atoms with E-state index < -0.39 is 0 Å². The fraction of sp³-hybridized carbons (Fsp3) is 0. The number of oxime groups is 1. The quantitative estimate of drug-likeness (QED) is 0.483. The molecule has 1 heterocycles. The maximum absolute atomic E-state index is 9.55. The number of allylic oxidation sites excluding steroid dienone is 1. The van der Waals surface area contributed by atoms with E-state index in [1.54, 1.807) is 42.5 Å². The molecule has 4 nitrogen and oxygen atoms in total. The molecule has 0 saturated heterocycles. The molecule has 1 aromatic carbocycles.